The van der Waals surface area contributed by atoms with E-state index >= 15 is 0 Å². The Hall–Kier alpha value is -2.26. The number of thiazole rings is 1. The average molecular weight is 449 g/mol. The number of thioether (sulfide) groups is 1. The SMILES string of the molecule is CCc1ccc2c(c1)CS[C@@H](Cc1ncc(CCC(=O)OC)s1)C(=N)N2C(=N)CF. The monoisotopic (exact) mass is 448 g/mol. The molecule has 2 aromatic rings. The van der Waals surface area contributed by atoms with Gasteiger partial charge in [-0.1, -0.05) is 19.1 Å². The van der Waals surface area contributed by atoms with E-state index in [0.717, 1.165) is 21.9 Å². The fraction of sp³-hybridized carbons (Fsp3) is 0.429. The van der Waals surface area contributed by atoms with Crippen molar-refractivity contribution in [3.63, 3.8) is 0 Å². The molecule has 30 heavy (non-hydrogen) atoms. The zero-order valence-electron chi connectivity index (χ0n) is 17.0. The number of ether oxygens (including phenoxy) is 1. The van der Waals surface area contributed by atoms with Crippen LogP contribution in [-0.2, 0) is 34.5 Å². The van der Waals surface area contributed by atoms with Crippen molar-refractivity contribution in [3.8, 4) is 0 Å². The number of nitrogens with zero attached hydrogens (tertiary/aromatic N) is 2. The van der Waals surface area contributed by atoms with Crippen LogP contribution in [0.1, 0.15) is 34.4 Å². The normalized spacial score (nSPS) is 16.2. The van der Waals surface area contributed by atoms with E-state index in [4.69, 9.17) is 10.8 Å². The number of aryl methyl sites for hydroxylation is 2. The molecule has 0 fully saturated rings. The Balaban J connectivity index is 1.80. The molecular weight excluding hydrogens is 423 g/mol. The second-order valence-electron chi connectivity index (χ2n) is 6.92. The Kier molecular flexibility index (Phi) is 7.60. The van der Waals surface area contributed by atoms with Gasteiger partial charge in [0.2, 0.25) is 0 Å². The second-order valence-corrected chi connectivity index (χ2v) is 9.31. The summed E-state index contributed by atoms with van der Waals surface area (Å²) in [5.41, 5.74) is 2.91. The first-order chi connectivity index (χ1) is 14.5. The van der Waals surface area contributed by atoms with E-state index < -0.39 is 6.67 Å². The van der Waals surface area contributed by atoms with Crippen LogP contribution in [0.15, 0.2) is 24.4 Å². The van der Waals surface area contributed by atoms with Crippen LogP contribution in [0.4, 0.5) is 10.1 Å². The Bertz CT molecular complexity index is 947. The number of anilines is 1. The summed E-state index contributed by atoms with van der Waals surface area (Å²) in [6.07, 6.45) is 4.06. The number of benzene rings is 1. The molecule has 1 atom stereocenters. The molecule has 1 aliphatic rings. The lowest BCUT2D eigenvalue weighted by molar-refractivity contribution is -0.140. The fourth-order valence-electron chi connectivity index (χ4n) is 3.29. The highest BCUT2D eigenvalue weighted by Gasteiger charge is 2.31. The van der Waals surface area contributed by atoms with Crippen LogP contribution < -0.4 is 4.90 Å². The van der Waals surface area contributed by atoms with Crippen LogP contribution in [0.5, 0.6) is 0 Å². The molecule has 0 saturated heterocycles. The molecule has 0 aliphatic carbocycles. The largest absolute Gasteiger partial charge is 0.469 e. The molecule has 0 amide bonds. The number of hydrogen-bond acceptors (Lipinski definition) is 7. The van der Waals surface area contributed by atoms with Gasteiger partial charge in [0.25, 0.3) is 0 Å². The number of carbonyl (C=O) groups is 1. The summed E-state index contributed by atoms with van der Waals surface area (Å²) in [6.45, 7) is 1.15. The summed E-state index contributed by atoms with van der Waals surface area (Å²) in [5.74, 6) is 0.413. The van der Waals surface area contributed by atoms with Gasteiger partial charge in [-0.05, 0) is 30.0 Å². The van der Waals surface area contributed by atoms with E-state index in [1.54, 1.807) is 18.0 Å². The number of esters is 1. The van der Waals surface area contributed by atoms with E-state index in [2.05, 4.69) is 22.7 Å². The van der Waals surface area contributed by atoms with Gasteiger partial charge in [0.05, 0.1) is 29.5 Å². The topological polar surface area (TPSA) is 90.1 Å². The molecule has 0 radical (unpaired) electrons. The second kappa shape index (κ2) is 10.2. The molecule has 3 rings (SSSR count). The van der Waals surface area contributed by atoms with Crippen molar-refractivity contribution >= 4 is 46.4 Å². The quantitative estimate of drug-likeness (QED) is 0.372. The smallest absolute Gasteiger partial charge is 0.305 e. The maximum Gasteiger partial charge on any atom is 0.305 e. The van der Waals surface area contributed by atoms with Crippen LogP contribution in [0, 0.1) is 10.8 Å². The summed E-state index contributed by atoms with van der Waals surface area (Å²) in [5, 5.41) is 17.5. The lowest BCUT2D eigenvalue weighted by atomic mass is 10.1. The van der Waals surface area contributed by atoms with Crippen LogP contribution in [-0.4, -0.2) is 41.7 Å². The number of methoxy groups -OCH3 is 1. The van der Waals surface area contributed by atoms with E-state index in [1.165, 1.54) is 28.9 Å². The van der Waals surface area contributed by atoms with Gasteiger partial charge in [0, 0.05) is 23.2 Å². The zero-order valence-corrected chi connectivity index (χ0v) is 18.7. The molecule has 1 aromatic carbocycles. The minimum Gasteiger partial charge on any atom is -0.469 e. The summed E-state index contributed by atoms with van der Waals surface area (Å²) < 4.78 is 18.1. The summed E-state index contributed by atoms with van der Waals surface area (Å²) in [7, 11) is 1.37. The predicted molar refractivity (Wildman–Crippen MR) is 121 cm³/mol. The molecule has 2 N–H and O–H groups in total. The Morgan fingerprint density at radius 3 is 2.93 bits per heavy atom. The van der Waals surface area contributed by atoms with Crippen LogP contribution in [0.25, 0.3) is 0 Å². The van der Waals surface area contributed by atoms with Gasteiger partial charge in [0.15, 0.2) is 0 Å². The van der Waals surface area contributed by atoms with Crippen LogP contribution in [0.2, 0.25) is 0 Å². The fourth-order valence-corrected chi connectivity index (χ4v) is 5.51. The Labute approximate surface area is 183 Å². The molecule has 0 spiro atoms. The van der Waals surface area contributed by atoms with Crippen molar-refractivity contribution in [2.24, 2.45) is 0 Å². The molecule has 0 unspecified atom stereocenters. The highest BCUT2D eigenvalue weighted by Crippen LogP contribution is 2.35. The van der Waals surface area contributed by atoms with Gasteiger partial charge in [-0.25, -0.2) is 9.37 Å². The third-order valence-corrected chi connectivity index (χ3v) is 7.29. The summed E-state index contributed by atoms with van der Waals surface area (Å²) in [6, 6.07) is 5.96. The molecular formula is C21H25FN4O2S2. The summed E-state index contributed by atoms with van der Waals surface area (Å²) >= 11 is 3.14. The van der Waals surface area contributed by atoms with Crippen LogP contribution >= 0.6 is 23.1 Å². The number of halogens is 1. The number of nitrogens with one attached hydrogen (secondary N) is 2. The standard InChI is InChI=1S/C21H25FN4O2S2/c1-3-13-4-6-16-14(8-13)12-29-17(21(24)26(16)18(23)10-22)9-19-25-11-15(30-19)5-7-20(27)28-2/h4,6,8,11,17,23-24H,3,5,7,9-10,12H2,1-2H3/t17-/m0/s1. The van der Waals surface area contributed by atoms with Crippen molar-refractivity contribution in [3.05, 3.63) is 45.4 Å². The maximum absolute atomic E-state index is 13.4. The molecule has 0 saturated carbocycles. The highest BCUT2D eigenvalue weighted by molar-refractivity contribution is 7.99. The molecule has 6 nitrogen and oxygen atoms in total. The van der Waals surface area contributed by atoms with Crippen molar-refractivity contribution in [2.45, 2.75) is 43.6 Å². The zero-order chi connectivity index (χ0) is 21.7. The predicted octanol–water partition coefficient (Wildman–Crippen LogP) is 4.40. The van der Waals surface area contributed by atoms with Gasteiger partial charge >= 0.3 is 5.97 Å². The minimum atomic E-state index is -0.927. The van der Waals surface area contributed by atoms with Crippen molar-refractivity contribution < 1.29 is 13.9 Å². The first kappa shape index (κ1) is 22.4. The van der Waals surface area contributed by atoms with Crippen molar-refractivity contribution in [2.75, 3.05) is 18.7 Å². The number of carbonyl (C=O) groups excluding carboxylic acids is 1. The van der Waals surface area contributed by atoms with E-state index in [1.807, 2.05) is 12.1 Å². The number of aromatic nitrogens is 1. The molecule has 9 heteroatoms. The number of amidine groups is 2. The van der Waals surface area contributed by atoms with Crippen molar-refractivity contribution in [1.82, 2.24) is 4.98 Å². The van der Waals surface area contributed by atoms with Gasteiger partial charge < -0.3 is 4.74 Å². The van der Waals surface area contributed by atoms with E-state index in [9.17, 15) is 9.18 Å². The Morgan fingerprint density at radius 1 is 1.43 bits per heavy atom. The van der Waals surface area contributed by atoms with Gasteiger partial charge in [0.1, 0.15) is 18.3 Å². The number of hydrogen-bond donors (Lipinski definition) is 2. The van der Waals surface area contributed by atoms with Gasteiger partial charge in [-0.3, -0.25) is 20.5 Å². The third-order valence-electron chi connectivity index (χ3n) is 4.94. The summed E-state index contributed by atoms with van der Waals surface area (Å²) in [4.78, 5) is 18.2. The number of rotatable bonds is 7. The maximum atomic E-state index is 13.4. The average Bonchev–Trinajstić information content (AvgIpc) is 3.17. The van der Waals surface area contributed by atoms with Gasteiger partial charge in [-0.2, -0.15) is 0 Å². The first-order valence-electron chi connectivity index (χ1n) is 9.72. The lowest BCUT2D eigenvalue weighted by Gasteiger charge is -2.27. The first-order valence-corrected chi connectivity index (χ1v) is 11.6. The van der Waals surface area contributed by atoms with E-state index in [-0.39, 0.29) is 22.9 Å². The molecule has 1 aliphatic heterocycles. The van der Waals surface area contributed by atoms with Crippen molar-refractivity contribution in [1.29, 1.82) is 10.8 Å². The van der Waals surface area contributed by atoms with Crippen LogP contribution in [0.3, 0.4) is 0 Å². The molecule has 1 aromatic heterocycles. The molecule has 0 bridgehead atoms. The van der Waals surface area contributed by atoms with Gasteiger partial charge in [-0.15, -0.1) is 23.1 Å². The lowest BCUT2D eigenvalue weighted by Crippen LogP contribution is -2.42. The van der Waals surface area contributed by atoms with E-state index in [0.29, 0.717) is 30.7 Å². The highest BCUT2D eigenvalue weighted by atomic mass is 32.2. The third kappa shape index (κ3) is 5.07. The minimum absolute atomic E-state index is 0.206. The Morgan fingerprint density at radius 2 is 2.23 bits per heavy atom. The molecule has 2 heterocycles. The number of fused-ring (bicyclic) bond motifs is 1. The molecule has 160 valence electrons. The number of alkyl halides is 1.